The van der Waals surface area contributed by atoms with Crippen molar-refractivity contribution in [3.63, 3.8) is 0 Å². The minimum atomic E-state index is 0.157. The fourth-order valence-corrected chi connectivity index (χ4v) is 4.60. The van der Waals surface area contributed by atoms with Crippen LogP contribution in [0, 0.1) is 0 Å². The molecular formula is C21H21ClN4OS. The third kappa shape index (κ3) is 4.39. The molecule has 1 aliphatic rings. The van der Waals surface area contributed by atoms with Crippen molar-refractivity contribution in [2.45, 2.75) is 30.5 Å². The predicted octanol–water partition coefficient (Wildman–Crippen LogP) is 4.25. The number of nitrogens with zero attached hydrogens (tertiary/aromatic N) is 4. The van der Waals surface area contributed by atoms with Crippen LogP contribution in [0.15, 0.2) is 66.1 Å². The molecule has 0 N–H and O–H groups in total. The zero-order valence-electron chi connectivity index (χ0n) is 15.4. The molecule has 0 aliphatic carbocycles. The van der Waals surface area contributed by atoms with Crippen LogP contribution in [0.3, 0.4) is 0 Å². The Morgan fingerprint density at radius 2 is 2.04 bits per heavy atom. The monoisotopic (exact) mass is 412 g/mol. The van der Waals surface area contributed by atoms with Gasteiger partial charge in [0.2, 0.25) is 5.91 Å². The van der Waals surface area contributed by atoms with E-state index < -0.39 is 0 Å². The summed E-state index contributed by atoms with van der Waals surface area (Å²) in [7, 11) is 0. The summed E-state index contributed by atoms with van der Waals surface area (Å²) in [6, 6.07) is 18.2. The SMILES string of the molecule is O=C(CSc1nncn1-c1cccc(Cl)c1)N1CCCC1Cc1ccccc1. The highest BCUT2D eigenvalue weighted by Gasteiger charge is 2.28. The average Bonchev–Trinajstić information content (AvgIpc) is 3.36. The Hall–Kier alpha value is -2.31. The van der Waals surface area contributed by atoms with E-state index in [4.69, 9.17) is 11.6 Å². The molecule has 0 radical (unpaired) electrons. The molecule has 2 aromatic carbocycles. The largest absolute Gasteiger partial charge is 0.339 e. The molecule has 3 aromatic rings. The number of aromatic nitrogens is 3. The third-order valence-corrected chi connectivity index (χ3v) is 6.10. The number of halogens is 1. The maximum absolute atomic E-state index is 12.9. The van der Waals surface area contributed by atoms with Gasteiger partial charge >= 0.3 is 0 Å². The van der Waals surface area contributed by atoms with Gasteiger partial charge in [-0.2, -0.15) is 0 Å². The summed E-state index contributed by atoms with van der Waals surface area (Å²) in [4.78, 5) is 14.9. The van der Waals surface area contributed by atoms with Crippen molar-refractivity contribution in [3.05, 3.63) is 71.5 Å². The van der Waals surface area contributed by atoms with E-state index in [0.717, 1.165) is 31.5 Å². The van der Waals surface area contributed by atoms with Gasteiger partial charge in [-0.05, 0) is 43.0 Å². The van der Waals surface area contributed by atoms with Gasteiger partial charge in [0.15, 0.2) is 5.16 Å². The van der Waals surface area contributed by atoms with Gasteiger partial charge in [-0.3, -0.25) is 9.36 Å². The molecular weight excluding hydrogens is 392 g/mol. The summed E-state index contributed by atoms with van der Waals surface area (Å²) in [6.45, 7) is 0.831. The second-order valence-electron chi connectivity index (χ2n) is 6.82. The van der Waals surface area contributed by atoms with E-state index in [1.165, 1.54) is 17.3 Å². The topological polar surface area (TPSA) is 51.0 Å². The highest BCUT2D eigenvalue weighted by atomic mass is 35.5. The molecule has 1 unspecified atom stereocenters. The zero-order chi connectivity index (χ0) is 19.3. The van der Waals surface area contributed by atoms with Crippen molar-refractivity contribution >= 4 is 29.3 Å². The highest BCUT2D eigenvalue weighted by Crippen LogP contribution is 2.25. The summed E-state index contributed by atoms with van der Waals surface area (Å²) < 4.78 is 1.86. The number of hydrogen-bond donors (Lipinski definition) is 0. The number of carbonyl (C=O) groups excluding carboxylic acids is 1. The lowest BCUT2D eigenvalue weighted by Gasteiger charge is -2.24. The van der Waals surface area contributed by atoms with E-state index in [0.29, 0.717) is 15.9 Å². The molecule has 4 rings (SSSR count). The van der Waals surface area contributed by atoms with Crippen LogP contribution in [0.4, 0.5) is 0 Å². The first-order valence-corrected chi connectivity index (χ1v) is 10.7. The third-order valence-electron chi connectivity index (χ3n) is 4.94. The van der Waals surface area contributed by atoms with Crippen molar-refractivity contribution in [3.8, 4) is 5.69 Å². The molecule has 0 bridgehead atoms. The van der Waals surface area contributed by atoms with E-state index in [9.17, 15) is 4.79 Å². The number of likely N-dealkylation sites (tertiary alicyclic amines) is 1. The molecule has 2 heterocycles. The van der Waals surface area contributed by atoms with Crippen LogP contribution in [-0.4, -0.2) is 43.9 Å². The Balaban J connectivity index is 1.40. The van der Waals surface area contributed by atoms with Crippen LogP contribution in [0.2, 0.25) is 5.02 Å². The van der Waals surface area contributed by atoms with Crippen molar-refractivity contribution in [1.29, 1.82) is 0 Å². The number of carbonyl (C=O) groups is 1. The van der Waals surface area contributed by atoms with Crippen molar-refractivity contribution in [2.75, 3.05) is 12.3 Å². The lowest BCUT2D eigenvalue weighted by atomic mass is 10.0. The maximum Gasteiger partial charge on any atom is 0.233 e. The molecule has 0 spiro atoms. The van der Waals surface area contributed by atoms with Crippen LogP contribution >= 0.6 is 23.4 Å². The second kappa shape index (κ2) is 8.80. The molecule has 5 nitrogen and oxygen atoms in total. The quantitative estimate of drug-likeness (QED) is 0.568. The van der Waals surface area contributed by atoms with E-state index in [1.54, 1.807) is 6.33 Å². The van der Waals surface area contributed by atoms with E-state index in [-0.39, 0.29) is 11.9 Å². The molecule has 1 aromatic heterocycles. The Morgan fingerprint density at radius 3 is 2.86 bits per heavy atom. The predicted molar refractivity (Wildman–Crippen MR) is 112 cm³/mol. The lowest BCUT2D eigenvalue weighted by Crippen LogP contribution is -2.38. The first kappa shape index (κ1) is 19.0. The highest BCUT2D eigenvalue weighted by molar-refractivity contribution is 7.99. The summed E-state index contributed by atoms with van der Waals surface area (Å²) in [5.74, 6) is 0.508. The summed E-state index contributed by atoms with van der Waals surface area (Å²) in [5, 5.41) is 9.51. The number of hydrogen-bond acceptors (Lipinski definition) is 4. The summed E-state index contributed by atoms with van der Waals surface area (Å²) >= 11 is 7.50. The smallest absolute Gasteiger partial charge is 0.233 e. The summed E-state index contributed by atoms with van der Waals surface area (Å²) in [6.07, 6.45) is 4.68. The number of rotatable bonds is 6. The second-order valence-corrected chi connectivity index (χ2v) is 8.20. The molecule has 1 atom stereocenters. The van der Waals surface area contributed by atoms with Crippen LogP contribution in [-0.2, 0) is 11.2 Å². The minimum Gasteiger partial charge on any atom is -0.339 e. The van der Waals surface area contributed by atoms with Crippen LogP contribution in [0.5, 0.6) is 0 Å². The van der Waals surface area contributed by atoms with Crippen LogP contribution in [0.1, 0.15) is 18.4 Å². The van der Waals surface area contributed by atoms with Gasteiger partial charge in [0.25, 0.3) is 0 Å². The normalized spacial score (nSPS) is 16.5. The molecule has 1 fully saturated rings. The average molecular weight is 413 g/mol. The zero-order valence-corrected chi connectivity index (χ0v) is 16.9. The van der Waals surface area contributed by atoms with Crippen molar-refractivity contribution in [2.24, 2.45) is 0 Å². The Kier molecular flexibility index (Phi) is 5.98. The first-order valence-electron chi connectivity index (χ1n) is 9.33. The van der Waals surface area contributed by atoms with Gasteiger partial charge in [-0.25, -0.2) is 0 Å². The molecule has 0 saturated carbocycles. The maximum atomic E-state index is 12.9. The lowest BCUT2D eigenvalue weighted by molar-refractivity contribution is -0.129. The minimum absolute atomic E-state index is 0.157. The Labute approximate surface area is 173 Å². The van der Waals surface area contributed by atoms with E-state index >= 15 is 0 Å². The molecule has 28 heavy (non-hydrogen) atoms. The number of thioether (sulfide) groups is 1. The Morgan fingerprint density at radius 1 is 1.18 bits per heavy atom. The van der Waals surface area contributed by atoms with E-state index in [1.807, 2.05) is 39.8 Å². The molecule has 144 valence electrons. The van der Waals surface area contributed by atoms with Gasteiger partial charge in [0.05, 0.1) is 11.4 Å². The van der Waals surface area contributed by atoms with Gasteiger partial charge in [0, 0.05) is 17.6 Å². The number of benzene rings is 2. The summed E-state index contributed by atoms with van der Waals surface area (Å²) in [5.41, 5.74) is 2.16. The van der Waals surface area contributed by atoms with E-state index in [2.05, 4.69) is 34.5 Å². The van der Waals surface area contributed by atoms with Crippen LogP contribution < -0.4 is 0 Å². The van der Waals surface area contributed by atoms with Crippen LogP contribution in [0.25, 0.3) is 5.69 Å². The number of amides is 1. The molecule has 7 heteroatoms. The van der Waals surface area contributed by atoms with Gasteiger partial charge < -0.3 is 4.90 Å². The fourth-order valence-electron chi connectivity index (χ4n) is 3.60. The van der Waals surface area contributed by atoms with Crippen molar-refractivity contribution < 1.29 is 4.79 Å². The van der Waals surface area contributed by atoms with Crippen molar-refractivity contribution in [1.82, 2.24) is 19.7 Å². The first-order chi connectivity index (χ1) is 13.7. The molecule has 1 aliphatic heterocycles. The molecule has 1 amide bonds. The fraction of sp³-hybridized carbons (Fsp3) is 0.286. The Bertz CT molecular complexity index is 946. The van der Waals surface area contributed by atoms with Gasteiger partial charge in [-0.15, -0.1) is 10.2 Å². The van der Waals surface area contributed by atoms with Gasteiger partial charge in [-0.1, -0.05) is 59.8 Å². The molecule has 1 saturated heterocycles. The standard InChI is InChI=1S/C21H21ClN4OS/c22-17-8-4-9-19(13-17)26-15-23-24-21(26)28-14-20(27)25-11-5-10-18(25)12-16-6-2-1-3-7-16/h1-4,6-9,13,15,18H,5,10-12,14H2. The van der Waals surface area contributed by atoms with Gasteiger partial charge in [0.1, 0.15) is 6.33 Å².